The first-order chi connectivity index (χ1) is 5.99. The molecule has 0 aromatic carbocycles. The van der Waals surface area contributed by atoms with Crippen molar-refractivity contribution in [1.82, 2.24) is 4.90 Å². The molecule has 0 aliphatic carbocycles. The lowest BCUT2D eigenvalue weighted by Crippen LogP contribution is -2.21. The van der Waals surface area contributed by atoms with Crippen LogP contribution in [0.5, 0.6) is 0 Å². The number of rotatable bonds is 3. The molecule has 5 nitrogen and oxygen atoms in total. The van der Waals surface area contributed by atoms with E-state index in [1.807, 2.05) is 0 Å². The molecule has 5 heteroatoms. The molecule has 0 unspecified atom stereocenters. The lowest BCUT2D eigenvalue weighted by Gasteiger charge is -2.06. The number of carbonyl (C=O) groups is 2. The minimum absolute atomic E-state index is 0.160. The van der Waals surface area contributed by atoms with Gasteiger partial charge in [-0.3, -0.25) is 4.79 Å². The van der Waals surface area contributed by atoms with E-state index in [9.17, 15) is 9.59 Å². The van der Waals surface area contributed by atoms with E-state index in [0.29, 0.717) is 0 Å². The number of esters is 1. The van der Waals surface area contributed by atoms with E-state index in [4.69, 9.17) is 5.11 Å². The standard InChI is InChI=1S/C8H13NO4/c1-4-13-8(12)6(10)5-7(11)9(2)3/h5,10H,4H2,1-3H3/b6-5-. The summed E-state index contributed by atoms with van der Waals surface area (Å²) in [6.07, 6.45) is 0.817. The van der Waals surface area contributed by atoms with Gasteiger partial charge in [0, 0.05) is 14.1 Å². The first kappa shape index (κ1) is 11.5. The van der Waals surface area contributed by atoms with Gasteiger partial charge in [0.15, 0.2) is 0 Å². The summed E-state index contributed by atoms with van der Waals surface area (Å²) in [7, 11) is 3.02. The minimum atomic E-state index is -0.891. The summed E-state index contributed by atoms with van der Waals surface area (Å²) in [5.74, 6) is -2.04. The number of aliphatic hydroxyl groups excluding tert-OH is 1. The van der Waals surface area contributed by atoms with Crippen molar-refractivity contribution in [3.8, 4) is 0 Å². The molecule has 0 atom stereocenters. The van der Waals surface area contributed by atoms with Crippen LogP contribution in [-0.2, 0) is 14.3 Å². The fourth-order valence-electron chi connectivity index (χ4n) is 0.510. The lowest BCUT2D eigenvalue weighted by atomic mass is 10.4. The Morgan fingerprint density at radius 3 is 2.38 bits per heavy atom. The summed E-state index contributed by atoms with van der Waals surface area (Å²) in [4.78, 5) is 23.0. The van der Waals surface area contributed by atoms with Crippen molar-refractivity contribution in [1.29, 1.82) is 0 Å². The molecule has 0 aromatic heterocycles. The Kier molecular flexibility index (Phi) is 4.58. The van der Waals surface area contributed by atoms with Crippen molar-refractivity contribution in [2.45, 2.75) is 6.92 Å². The molecule has 0 saturated heterocycles. The van der Waals surface area contributed by atoms with Crippen molar-refractivity contribution in [2.75, 3.05) is 20.7 Å². The average Bonchev–Trinajstić information content (AvgIpc) is 2.04. The highest BCUT2D eigenvalue weighted by molar-refractivity contribution is 5.96. The number of carbonyl (C=O) groups excluding carboxylic acids is 2. The molecule has 0 fully saturated rings. The molecule has 1 amide bonds. The molecule has 1 N–H and O–H groups in total. The molecule has 0 saturated carbocycles. The zero-order valence-corrected chi connectivity index (χ0v) is 7.90. The molecule has 13 heavy (non-hydrogen) atoms. The summed E-state index contributed by atoms with van der Waals surface area (Å²) >= 11 is 0. The van der Waals surface area contributed by atoms with Crippen LogP contribution in [0.3, 0.4) is 0 Å². The molecule has 0 rings (SSSR count). The highest BCUT2D eigenvalue weighted by Crippen LogP contribution is 1.94. The lowest BCUT2D eigenvalue weighted by molar-refractivity contribution is -0.142. The number of nitrogens with zero attached hydrogens (tertiary/aromatic N) is 1. The van der Waals surface area contributed by atoms with Gasteiger partial charge in [0.25, 0.3) is 0 Å². The maximum absolute atomic E-state index is 10.9. The first-order valence-corrected chi connectivity index (χ1v) is 3.78. The number of hydrogen-bond acceptors (Lipinski definition) is 4. The van der Waals surface area contributed by atoms with Gasteiger partial charge in [0.2, 0.25) is 11.7 Å². The molecule has 0 aliphatic rings. The van der Waals surface area contributed by atoms with Crippen molar-refractivity contribution in [3.63, 3.8) is 0 Å². The fourth-order valence-corrected chi connectivity index (χ4v) is 0.510. The van der Waals surface area contributed by atoms with E-state index in [1.54, 1.807) is 6.92 Å². The van der Waals surface area contributed by atoms with Crippen molar-refractivity contribution in [3.05, 3.63) is 11.8 Å². The number of amides is 1. The van der Waals surface area contributed by atoms with Gasteiger partial charge in [-0.2, -0.15) is 0 Å². The van der Waals surface area contributed by atoms with Gasteiger partial charge in [0.1, 0.15) is 0 Å². The Labute approximate surface area is 76.6 Å². The van der Waals surface area contributed by atoms with Gasteiger partial charge in [-0.1, -0.05) is 0 Å². The third-order valence-electron chi connectivity index (χ3n) is 1.19. The maximum Gasteiger partial charge on any atom is 0.373 e. The molecular formula is C8H13NO4. The number of ether oxygens (including phenoxy) is 1. The van der Waals surface area contributed by atoms with Gasteiger partial charge in [-0.25, -0.2) is 4.79 Å². The van der Waals surface area contributed by atoms with Gasteiger partial charge >= 0.3 is 5.97 Å². The zero-order valence-electron chi connectivity index (χ0n) is 7.90. The Morgan fingerprint density at radius 2 is 2.00 bits per heavy atom. The molecule has 0 spiro atoms. The predicted octanol–water partition coefficient (Wildman–Crippen LogP) is 0.0796. The van der Waals surface area contributed by atoms with Crippen molar-refractivity contribution >= 4 is 11.9 Å². The Bertz CT molecular complexity index is 232. The van der Waals surface area contributed by atoms with Crippen LogP contribution in [-0.4, -0.2) is 42.6 Å². The minimum Gasteiger partial charge on any atom is -0.502 e. The van der Waals surface area contributed by atoms with E-state index < -0.39 is 17.6 Å². The second kappa shape index (κ2) is 5.18. The van der Waals surface area contributed by atoms with E-state index in [1.165, 1.54) is 19.0 Å². The fraction of sp³-hybridized carbons (Fsp3) is 0.500. The van der Waals surface area contributed by atoms with Crippen LogP contribution in [0, 0.1) is 0 Å². The van der Waals surface area contributed by atoms with Crippen molar-refractivity contribution < 1.29 is 19.4 Å². The van der Waals surface area contributed by atoms with Crippen LogP contribution >= 0.6 is 0 Å². The molecule has 0 heterocycles. The van der Waals surface area contributed by atoms with Crippen LogP contribution in [0.15, 0.2) is 11.8 Å². The number of aliphatic hydroxyl groups is 1. The monoisotopic (exact) mass is 187 g/mol. The van der Waals surface area contributed by atoms with Crippen LogP contribution in [0.4, 0.5) is 0 Å². The van der Waals surface area contributed by atoms with Crippen LogP contribution in [0.25, 0.3) is 0 Å². The summed E-state index contributed by atoms with van der Waals surface area (Å²) in [6.45, 7) is 1.77. The first-order valence-electron chi connectivity index (χ1n) is 3.78. The highest BCUT2D eigenvalue weighted by Gasteiger charge is 2.11. The van der Waals surface area contributed by atoms with E-state index in [0.717, 1.165) is 6.08 Å². The summed E-state index contributed by atoms with van der Waals surface area (Å²) in [5, 5.41) is 9.01. The third kappa shape index (κ3) is 4.15. The van der Waals surface area contributed by atoms with E-state index in [2.05, 4.69) is 4.74 Å². The SMILES string of the molecule is CCOC(=O)/C(O)=C/C(=O)N(C)C. The zero-order chi connectivity index (χ0) is 10.4. The van der Waals surface area contributed by atoms with Crippen LogP contribution in [0.1, 0.15) is 6.92 Å². The Hall–Kier alpha value is -1.52. The smallest absolute Gasteiger partial charge is 0.373 e. The average molecular weight is 187 g/mol. The van der Waals surface area contributed by atoms with Crippen LogP contribution in [0.2, 0.25) is 0 Å². The Morgan fingerprint density at radius 1 is 1.46 bits per heavy atom. The van der Waals surface area contributed by atoms with Crippen LogP contribution < -0.4 is 0 Å². The van der Waals surface area contributed by atoms with Gasteiger partial charge < -0.3 is 14.7 Å². The normalized spacial score (nSPS) is 10.8. The summed E-state index contributed by atoms with van der Waals surface area (Å²) < 4.78 is 4.46. The molecule has 0 radical (unpaired) electrons. The maximum atomic E-state index is 10.9. The van der Waals surface area contributed by atoms with E-state index >= 15 is 0 Å². The molecule has 0 aliphatic heterocycles. The quantitative estimate of drug-likeness (QED) is 0.386. The summed E-state index contributed by atoms with van der Waals surface area (Å²) in [5.41, 5.74) is 0. The molecular weight excluding hydrogens is 174 g/mol. The largest absolute Gasteiger partial charge is 0.502 e. The highest BCUT2D eigenvalue weighted by atomic mass is 16.5. The second-order valence-electron chi connectivity index (χ2n) is 2.48. The van der Waals surface area contributed by atoms with Gasteiger partial charge in [0.05, 0.1) is 12.7 Å². The third-order valence-corrected chi connectivity index (χ3v) is 1.19. The molecule has 74 valence electrons. The summed E-state index contributed by atoms with van der Waals surface area (Å²) in [6, 6.07) is 0. The predicted molar refractivity (Wildman–Crippen MR) is 46.0 cm³/mol. The Balaban J connectivity index is 4.31. The number of hydrogen-bond donors (Lipinski definition) is 1. The second-order valence-corrected chi connectivity index (χ2v) is 2.48. The van der Waals surface area contributed by atoms with E-state index in [-0.39, 0.29) is 6.61 Å². The van der Waals surface area contributed by atoms with Gasteiger partial charge in [-0.15, -0.1) is 0 Å². The molecule has 0 bridgehead atoms. The van der Waals surface area contributed by atoms with Gasteiger partial charge in [-0.05, 0) is 6.92 Å². The topological polar surface area (TPSA) is 66.8 Å². The van der Waals surface area contributed by atoms with Crippen molar-refractivity contribution in [2.24, 2.45) is 0 Å². The molecule has 0 aromatic rings. The number of likely N-dealkylation sites (N-methyl/N-ethyl adjacent to an activating group) is 1.